The maximum absolute atomic E-state index is 13.1. The second-order valence-corrected chi connectivity index (χ2v) is 7.81. The van der Waals surface area contributed by atoms with Gasteiger partial charge in [0, 0.05) is 38.8 Å². The van der Waals surface area contributed by atoms with Crippen LogP contribution in [0.15, 0.2) is 55.0 Å². The molecule has 3 rings (SSSR count). The van der Waals surface area contributed by atoms with Crippen LogP contribution in [0.2, 0.25) is 0 Å². The Morgan fingerprint density at radius 1 is 1.18 bits per heavy atom. The molecule has 2 atom stereocenters. The van der Waals surface area contributed by atoms with Crippen molar-refractivity contribution in [2.24, 2.45) is 5.92 Å². The third-order valence-electron chi connectivity index (χ3n) is 5.23. The average Bonchev–Trinajstić information content (AvgIpc) is 3.32. The predicted molar refractivity (Wildman–Crippen MR) is 126 cm³/mol. The molecular weight excluding hydrogens is 438 g/mol. The molecule has 0 aliphatic heterocycles. The van der Waals surface area contributed by atoms with Crippen LogP contribution in [0.3, 0.4) is 0 Å². The molecule has 2 amide bonds. The number of hydrogen-bond donors (Lipinski definition) is 4. The number of H-pyrrole nitrogens is 1. The van der Waals surface area contributed by atoms with Crippen LogP contribution in [-0.4, -0.2) is 57.9 Å². The number of aromatic nitrogens is 2. The van der Waals surface area contributed by atoms with Gasteiger partial charge in [-0.25, -0.2) is 9.78 Å². The molecule has 178 valence electrons. The summed E-state index contributed by atoms with van der Waals surface area (Å²) in [4.78, 5) is 47.2. The number of nitrogens with one attached hydrogen (secondary N) is 3. The van der Waals surface area contributed by atoms with Crippen molar-refractivity contribution in [3.05, 3.63) is 76.7 Å². The Morgan fingerprint density at radius 3 is 2.47 bits per heavy atom. The highest BCUT2D eigenvalue weighted by atomic mass is 16.4. The molecule has 0 saturated heterocycles. The Kier molecular flexibility index (Phi) is 9.60. The fourth-order valence-corrected chi connectivity index (χ4v) is 3.49. The van der Waals surface area contributed by atoms with Gasteiger partial charge in [-0.15, -0.1) is 5.53 Å². The van der Waals surface area contributed by atoms with Gasteiger partial charge in [0.05, 0.1) is 12.2 Å². The van der Waals surface area contributed by atoms with Gasteiger partial charge in [-0.1, -0.05) is 42.5 Å². The zero-order valence-corrected chi connectivity index (χ0v) is 18.9. The number of amides is 2. The normalized spacial score (nSPS) is 11.9. The molecule has 0 fully saturated rings. The molecule has 1 aromatic heterocycles. The van der Waals surface area contributed by atoms with Crippen LogP contribution in [0.1, 0.15) is 17.7 Å². The molecular formula is C23H27N7O4. The van der Waals surface area contributed by atoms with Gasteiger partial charge in [0.25, 0.3) is 0 Å². The number of imidazole rings is 1. The Bertz CT molecular complexity index is 1150. The lowest BCUT2D eigenvalue weighted by Gasteiger charge is -2.22. The molecule has 0 saturated carbocycles. The SMILES string of the molecule is CN(C)C(=O)CC(Cc1cccc2ccccc12)C(=O)N[C@@H](Cc1cnc[nH]1)C(=O)O.[N-]=[N+]=N. The molecule has 0 spiro atoms. The third kappa shape index (κ3) is 7.35. The summed E-state index contributed by atoms with van der Waals surface area (Å²) in [6.07, 6.45) is 3.35. The summed E-state index contributed by atoms with van der Waals surface area (Å²) in [5.41, 5.74) is 13.8. The summed E-state index contributed by atoms with van der Waals surface area (Å²) < 4.78 is 0. The Hall–Kier alpha value is -4.37. The van der Waals surface area contributed by atoms with Gasteiger partial charge in [0.2, 0.25) is 11.8 Å². The Labute approximate surface area is 196 Å². The van der Waals surface area contributed by atoms with E-state index in [9.17, 15) is 19.5 Å². The number of benzene rings is 2. The van der Waals surface area contributed by atoms with Gasteiger partial charge >= 0.3 is 5.97 Å². The Morgan fingerprint density at radius 2 is 1.85 bits per heavy atom. The first kappa shape index (κ1) is 25.9. The number of carbonyl (C=O) groups is 3. The van der Waals surface area contributed by atoms with Crippen molar-refractivity contribution in [1.29, 1.82) is 5.53 Å². The van der Waals surface area contributed by atoms with E-state index in [0.717, 1.165) is 16.3 Å². The van der Waals surface area contributed by atoms with Gasteiger partial charge in [0.1, 0.15) is 6.04 Å². The molecule has 11 heteroatoms. The largest absolute Gasteiger partial charge is 0.480 e. The van der Waals surface area contributed by atoms with Gasteiger partial charge in [0.15, 0.2) is 0 Å². The first-order valence-corrected chi connectivity index (χ1v) is 10.4. The zero-order valence-electron chi connectivity index (χ0n) is 18.9. The summed E-state index contributed by atoms with van der Waals surface area (Å²) in [5, 5.41) is 14.2. The minimum atomic E-state index is -1.15. The molecule has 1 unspecified atom stereocenters. The summed E-state index contributed by atoms with van der Waals surface area (Å²) in [6.45, 7) is 0. The molecule has 0 radical (unpaired) electrons. The minimum absolute atomic E-state index is 0.0154. The standard InChI is InChI=1S/C23H26N4O4.HN3/c1-27(2)21(28)11-17(10-16-8-5-7-15-6-3-4-9-19(15)16)22(29)26-20(23(30)31)12-18-13-24-14-25-18;1-3-2/h3-9,13-14,17,20H,10-12H2,1-2H3,(H,24,25)(H,26,29)(H,30,31);1H/t17?,20-;/m0./s1. The topological polar surface area (TPSA) is 176 Å². The van der Waals surface area contributed by atoms with Crippen molar-refractivity contribution in [2.75, 3.05) is 14.1 Å². The van der Waals surface area contributed by atoms with Crippen molar-refractivity contribution in [1.82, 2.24) is 20.2 Å². The van der Waals surface area contributed by atoms with Crippen LogP contribution in [-0.2, 0) is 27.2 Å². The van der Waals surface area contributed by atoms with E-state index in [1.165, 1.54) is 17.4 Å². The molecule has 3 aromatic rings. The van der Waals surface area contributed by atoms with E-state index in [1.54, 1.807) is 19.0 Å². The zero-order chi connectivity index (χ0) is 25.1. The van der Waals surface area contributed by atoms with Crippen molar-refractivity contribution in [2.45, 2.75) is 25.3 Å². The van der Waals surface area contributed by atoms with E-state index in [-0.39, 0.29) is 18.7 Å². The van der Waals surface area contributed by atoms with Crippen molar-refractivity contribution in [3.8, 4) is 0 Å². The average molecular weight is 466 g/mol. The van der Waals surface area contributed by atoms with E-state index in [4.69, 9.17) is 11.1 Å². The summed E-state index contributed by atoms with van der Waals surface area (Å²) in [7, 11) is 3.26. The number of aromatic amines is 1. The number of fused-ring (bicyclic) bond motifs is 1. The number of hydrogen-bond acceptors (Lipinski definition) is 5. The van der Waals surface area contributed by atoms with E-state index in [1.807, 2.05) is 42.5 Å². The van der Waals surface area contributed by atoms with Crippen molar-refractivity contribution < 1.29 is 19.5 Å². The predicted octanol–water partition coefficient (Wildman–Crippen LogP) is 2.89. The molecule has 0 aliphatic rings. The second-order valence-electron chi connectivity index (χ2n) is 7.81. The van der Waals surface area contributed by atoms with E-state index >= 15 is 0 Å². The quantitative estimate of drug-likeness (QED) is 0.215. The number of rotatable bonds is 9. The van der Waals surface area contributed by atoms with Gasteiger partial charge in [-0.3, -0.25) is 9.59 Å². The summed E-state index contributed by atoms with van der Waals surface area (Å²) >= 11 is 0. The molecule has 0 bridgehead atoms. The molecule has 2 aromatic carbocycles. The Balaban J connectivity index is 0.00000129. The molecule has 11 nitrogen and oxygen atoms in total. The highest BCUT2D eigenvalue weighted by Crippen LogP contribution is 2.23. The lowest BCUT2D eigenvalue weighted by Crippen LogP contribution is -2.46. The maximum atomic E-state index is 13.1. The number of carbonyl (C=O) groups excluding carboxylic acids is 2. The highest BCUT2D eigenvalue weighted by Gasteiger charge is 2.28. The number of nitrogens with zero attached hydrogens (tertiary/aromatic N) is 4. The van der Waals surface area contributed by atoms with Crippen LogP contribution < -0.4 is 5.32 Å². The van der Waals surface area contributed by atoms with E-state index < -0.39 is 23.8 Å². The lowest BCUT2D eigenvalue weighted by atomic mass is 9.91. The maximum Gasteiger partial charge on any atom is 0.326 e. The fraction of sp³-hybridized carbons (Fsp3) is 0.304. The summed E-state index contributed by atoms with van der Waals surface area (Å²) in [6, 6.07) is 12.5. The van der Waals surface area contributed by atoms with Crippen LogP contribution >= 0.6 is 0 Å². The fourth-order valence-electron chi connectivity index (χ4n) is 3.49. The van der Waals surface area contributed by atoms with E-state index in [2.05, 4.69) is 15.3 Å². The van der Waals surface area contributed by atoms with Crippen molar-refractivity contribution >= 4 is 28.6 Å². The van der Waals surface area contributed by atoms with Crippen LogP contribution in [0.4, 0.5) is 0 Å². The highest BCUT2D eigenvalue weighted by molar-refractivity contribution is 5.90. The number of carboxylic acid groups (broad SMARTS) is 1. The molecule has 4 N–H and O–H groups in total. The first-order valence-electron chi connectivity index (χ1n) is 10.4. The second kappa shape index (κ2) is 12.6. The van der Waals surface area contributed by atoms with Crippen LogP contribution in [0, 0.1) is 11.4 Å². The minimum Gasteiger partial charge on any atom is -0.480 e. The molecule has 34 heavy (non-hydrogen) atoms. The van der Waals surface area contributed by atoms with Crippen LogP contribution in [0.25, 0.3) is 21.2 Å². The molecule has 1 heterocycles. The number of carboxylic acids is 1. The third-order valence-corrected chi connectivity index (χ3v) is 5.23. The van der Waals surface area contributed by atoms with Gasteiger partial charge in [-0.2, -0.15) is 0 Å². The summed E-state index contributed by atoms with van der Waals surface area (Å²) in [5.74, 6) is -2.51. The monoisotopic (exact) mass is 465 g/mol. The van der Waals surface area contributed by atoms with Crippen molar-refractivity contribution in [3.63, 3.8) is 0 Å². The van der Waals surface area contributed by atoms with Crippen LogP contribution in [0.5, 0.6) is 0 Å². The smallest absolute Gasteiger partial charge is 0.326 e. The van der Waals surface area contributed by atoms with Gasteiger partial charge < -0.3 is 20.3 Å². The van der Waals surface area contributed by atoms with Gasteiger partial charge in [-0.05, 0) is 33.2 Å². The number of aliphatic carboxylic acids is 1. The first-order chi connectivity index (χ1) is 16.3. The van der Waals surface area contributed by atoms with E-state index in [0.29, 0.717) is 12.1 Å². The lowest BCUT2D eigenvalue weighted by molar-refractivity contribution is -0.142. The molecule has 0 aliphatic carbocycles.